The molecule has 0 bridgehead atoms. The Morgan fingerprint density at radius 3 is 2.62 bits per heavy atom. The molecule has 0 spiro atoms. The van der Waals surface area contributed by atoms with Crippen LogP contribution in [0.15, 0.2) is 22.7 Å². The van der Waals surface area contributed by atoms with Crippen LogP contribution in [0.5, 0.6) is 0 Å². The van der Waals surface area contributed by atoms with Crippen LogP contribution in [0.1, 0.15) is 31.1 Å². The van der Waals surface area contributed by atoms with Crippen molar-refractivity contribution < 1.29 is 14.0 Å². The standard InChI is InChI=1S/C11H13BrFNO2/c1-11(2,3)16-14-10(15)7-5-4-6-8(12)9(7)13/h4-6H,1-3H3,(H,14,15). The lowest BCUT2D eigenvalue weighted by Gasteiger charge is -2.19. The monoisotopic (exact) mass is 289 g/mol. The lowest BCUT2D eigenvalue weighted by atomic mass is 10.2. The van der Waals surface area contributed by atoms with Crippen LogP contribution in [-0.2, 0) is 4.84 Å². The van der Waals surface area contributed by atoms with Crippen LogP contribution < -0.4 is 5.48 Å². The van der Waals surface area contributed by atoms with Crippen molar-refractivity contribution in [3.63, 3.8) is 0 Å². The largest absolute Gasteiger partial charge is 0.277 e. The van der Waals surface area contributed by atoms with Gasteiger partial charge in [0.05, 0.1) is 15.6 Å². The maximum atomic E-state index is 13.5. The van der Waals surface area contributed by atoms with E-state index in [-0.39, 0.29) is 10.0 Å². The zero-order chi connectivity index (χ0) is 12.3. The minimum atomic E-state index is -0.603. The van der Waals surface area contributed by atoms with Gasteiger partial charge in [-0.3, -0.25) is 9.63 Å². The first kappa shape index (κ1) is 13.1. The summed E-state index contributed by atoms with van der Waals surface area (Å²) in [5.74, 6) is -1.20. The van der Waals surface area contributed by atoms with E-state index in [0.717, 1.165) is 0 Å². The second-order valence-corrected chi connectivity index (χ2v) is 5.10. The van der Waals surface area contributed by atoms with Gasteiger partial charge >= 0.3 is 0 Å². The zero-order valence-corrected chi connectivity index (χ0v) is 10.9. The highest BCUT2D eigenvalue weighted by Crippen LogP contribution is 2.18. The van der Waals surface area contributed by atoms with Crippen LogP contribution in [-0.4, -0.2) is 11.5 Å². The summed E-state index contributed by atoms with van der Waals surface area (Å²) in [7, 11) is 0. The number of nitrogens with one attached hydrogen (secondary N) is 1. The second kappa shape index (κ2) is 4.93. The van der Waals surface area contributed by atoms with Gasteiger partial charge in [0, 0.05) is 0 Å². The molecule has 0 heterocycles. The van der Waals surface area contributed by atoms with E-state index in [0.29, 0.717) is 0 Å². The van der Waals surface area contributed by atoms with Gasteiger partial charge in [-0.05, 0) is 48.8 Å². The van der Waals surface area contributed by atoms with E-state index < -0.39 is 17.3 Å². The quantitative estimate of drug-likeness (QED) is 0.850. The molecule has 0 atom stereocenters. The molecule has 0 unspecified atom stereocenters. The van der Waals surface area contributed by atoms with Gasteiger partial charge in [-0.25, -0.2) is 9.87 Å². The second-order valence-electron chi connectivity index (χ2n) is 4.25. The molecular formula is C11H13BrFNO2. The van der Waals surface area contributed by atoms with E-state index in [1.165, 1.54) is 12.1 Å². The summed E-state index contributed by atoms with van der Waals surface area (Å²) in [5.41, 5.74) is 1.63. The van der Waals surface area contributed by atoms with Crippen LogP contribution in [0.25, 0.3) is 0 Å². The van der Waals surface area contributed by atoms with Crippen LogP contribution in [0.2, 0.25) is 0 Å². The van der Waals surface area contributed by atoms with Crippen molar-refractivity contribution in [2.75, 3.05) is 0 Å². The number of carbonyl (C=O) groups is 1. The lowest BCUT2D eigenvalue weighted by Crippen LogP contribution is -2.34. The Morgan fingerprint density at radius 2 is 2.06 bits per heavy atom. The molecule has 5 heteroatoms. The summed E-state index contributed by atoms with van der Waals surface area (Å²) in [6, 6.07) is 4.50. The lowest BCUT2D eigenvalue weighted by molar-refractivity contribution is -0.0591. The van der Waals surface area contributed by atoms with Gasteiger partial charge in [0.15, 0.2) is 0 Å². The first-order chi connectivity index (χ1) is 7.31. The van der Waals surface area contributed by atoms with E-state index in [4.69, 9.17) is 4.84 Å². The molecule has 0 fully saturated rings. The number of benzene rings is 1. The highest BCUT2D eigenvalue weighted by molar-refractivity contribution is 9.10. The summed E-state index contributed by atoms with van der Waals surface area (Å²) in [6.45, 7) is 5.35. The van der Waals surface area contributed by atoms with E-state index >= 15 is 0 Å². The molecule has 0 saturated heterocycles. The Balaban J connectivity index is 2.78. The van der Waals surface area contributed by atoms with Crippen LogP contribution in [0, 0.1) is 5.82 Å². The highest BCUT2D eigenvalue weighted by atomic mass is 79.9. The first-order valence-corrected chi connectivity index (χ1v) is 5.53. The molecule has 16 heavy (non-hydrogen) atoms. The third kappa shape index (κ3) is 3.57. The molecule has 0 radical (unpaired) electrons. The van der Waals surface area contributed by atoms with Gasteiger partial charge in [-0.1, -0.05) is 6.07 Å². The fourth-order valence-corrected chi connectivity index (χ4v) is 1.30. The average molecular weight is 290 g/mol. The van der Waals surface area contributed by atoms with Crippen molar-refractivity contribution in [3.8, 4) is 0 Å². The number of hydroxylamine groups is 1. The summed E-state index contributed by atoms with van der Waals surface area (Å²) in [4.78, 5) is 16.6. The third-order valence-electron chi connectivity index (χ3n) is 1.65. The van der Waals surface area contributed by atoms with Crippen LogP contribution >= 0.6 is 15.9 Å². The van der Waals surface area contributed by atoms with Crippen molar-refractivity contribution in [2.45, 2.75) is 26.4 Å². The molecule has 0 aliphatic carbocycles. The molecule has 1 N–H and O–H groups in total. The minimum Gasteiger partial charge on any atom is -0.268 e. The highest BCUT2D eigenvalue weighted by Gasteiger charge is 2.17. The van der Waals surface area contributed by atoms with Gasteiger partial charge in [0.25, 0.3) is 5.91 Å². The SMILES string of the molecule is CC(C)(C)ONC(=O)c1cccc(Br)c1F. The van der Waals surface area contributed by atoms with E-state index in [1.807, 2.05) is 0 Å². The van der Waals surface area contributed by atoms with Gasteiger partial charge in [-0.2, -0.15) is 0 Å². The molecule has 3 nitrogen and oxygen atoms in total. The van der Waals surface area contributed by atoms with Crippen molar-refractivity contribution in [2.24, 2.45) is 0 Å². The summed E-state index contributed by atoms with van der Waals surface area (Å²) < 4.78 is 13.8. The van der Waals surface area contributed by atoms with Gasteiger partial charge in [0.1, 0.15) is 5.82 Å². The van der Waals surface area contributed by atoms with E-state index in [2.05, 4.69) is 21.4 Å². The molecule has 88 valence electrons. The van der Waals surface area contributed by atoms with Gasteiger partial charge < -0.3 is 0 Å². The molecular weight excluding hydrogens is 277 g/mol. The maximum absolute atomic E-state index is 13.5. The normalized spacial score (nSPS) is 11.3. The minimum absolute atomic E-state index is 0.0568. The van der Waals surface area contributed by atoms with Crippen molar-refractivity contribution in [1.29, 1.82) is 0 Å². The number of hydrogen-bond acceptors (Lipinski definition) is 2. The zero-order valence-electron chi connectivity index (χ0n) is 9.30. The Morgan fingerprint density at radius 1 is 1.44 bits per heavy atom. The topological polar surface area (TPSA) is 38.3 Å². The molecule has 0 aliphatic heterocycles. The predicted molar refractivity (Wildman–Crippen MR) is 62.4 cm³/mol. The van der Waals surface area contributed by atoms with Crippen LogP contribution in [0.3, 0.4) is 0 Å². The van der Waals surface area contributed by atoms with E-state index in [1.54, 1.807) is 26.8 Å². The van der Waals surface area contributed by atoms with Gasteiger partial charge in [0.2, 0.25) is 0 Å². The van der Waals surface area contributed by atoms with E-state index in [9.17, 15) is 9.18 Å². The Bertz CT molecular complexity index is 401. The maximum Gasteiger partial charge on any atom is 0.277 e. The third-order valence-corrected chi connectivity index (χ3v) is 2.26. The molecule has 0 aromatic heterocycles. The number of carbonyl (C=O) groups excluding carboxylic acids is 1. The predicted octanol–water partition coefficient (Wildman–Crippen LogP) is 3.05. The number of rotatable bonds is 2. The van der Waals surface area contributed by atoms with Crippen molar-refractivity contribution in [3.05, 3.63) is 34.1 Å². The Hall–Kier alpha value is -0.940. The van der Waals surface area contributed by atoms with Crippen molar-refractivity contribution >= 4 is 21.8 Å². The number of halogens is 2. The molecule has 0 aliphatic rings. The molecule has 1 aromatic rings. The van der Waals surface area contributed by atoms with Crippen LogP contribution in [0.4, 0.5) is 4.39 Å². The summed E-state index contributed by atoms with van der Waals surface area (Å²) in [5, 5.41) is 0. The molecule has 0 saturated carbocycles. The van der Waals surface area contributed by atoms with Crippen molar-refractivity contribution in [1.82, 2.24) is 5.48 Å². The Kier molecular flexibility index (Phi) is 4.04. The fourth-order valence-electron chi connectivity index (χ4n) is 0.934. The molecule has 1 aromatic carbocycles. The van der Waals surface area contributed by atoms with Gasteiger partial charge in [-0.15, -0.1) is 0 Å². The fraction of sp³-hybridized carbons (Fsp3) is 0.364. The molecule has 1 rings (SSSR count). The smallest absolute Gasteiger partial charge is 0.268 e. The Labute approximate surface area is 102 Å². The summed E-state index contributed by atoms with van der Waals surface area (Å²) >= 11 is 3.01. The average Bonchev–Trinajstić information content (AvgIpc) is 2.17. The number of hydrogen-bond donors (Lipinski definition) is 1. The summed E-state index contributed by atoms with van der Waals surface area (Å²) in [6.07, 6.45) is 0. The number of amides is 1. The first-order valence-electron chi connectivity index (χ1n) is 4.73. The molecule has 1 amide bonds.